The Morgan fingerprint density at radius 1 is 1.13 bits per heavy atom. The second-order valence-corrected chi connectivity index (χ2v) is 21.2. The molecule has 0 bridgehead atoms. The normalized spacial score (nSPS) is 35.7. The molecule has 7 N–H and O–H groups in total. The van der Waals surface area contributed by atoms with Gasteiger partial charge in [0.05, 0.1) is 23.7 Å². The maximum atomic E-state index is 14.5. The SMILES string of the molecule is CO[C@H](c1ccc(SC(C)C)cc1)[C@@H](CF)N(N)/C=C(\N)CCN(C)[C@@H]1C[C@H](O[C@@H]2[C@@H](C)C[C@@H](C)C(=O)O[C@H](I)[C@@](C)(O)[C@H](O)[C@@H](C)N(C)C[C@H](C)C[C@@]2(C)O)O[C@H](C)C1. The Labute approximate surface area is 377 Å². The van der Waals surface area contributed by atoms with Crippen molar-refractivity contribution in [3.05, 3.63) is 41.7 Å². The van der Waals surface area contributed by atoms with Crippen LogP contribution in [0.1, 0.15) is 106 Å². The molecule has 2 aliphatic heterocycles. The van der Waals surface area contributed by atoms with Gasteiger partial charge in [-0.3, -0.25) is 4.79 Å². The molecular weight excluding hydrogens is 904 g/mol. The van der Waals surface area contributed by atoms with Crippen molar-refractivity contribution in [1.82, 2.24) is 14.8 Å². The molecule has 2 aliphatic rings. The number of rotatable bonds is 14. The largest absolute Gasteiger partial charge is 0.448 e. The third-order valence-electron chi connectivity index (χ3n) is 12.2. The molecule has 16 heteroatoms. The van der Waals surface area contributed by atoms with Gasteiger partial charge < -0.3 is 54.8 Å². The third kappa shape index (κ3) is 14.9. The Balaban J connectivity index is 1.74. The molecule has 2 fully saturated rings. The molecule has 0 aromatic heterocycles. The van der Waals surface area contributed by atoms with Gasteiger partial charge in [-0.15, -0.1) is 11.8 Å². The fourth-order valence-electron chi connectivity index (χ4n) is 8.78. The molecule has 60 heavy (non-hydrogen) atoms. The van der Waals surface area contributed by atoms with Gasteiger partial charge in [0.25, 0.3) is 0 Å². The Bertz CT molecular complexity index is 1500. The van der Waals surface area contributed by atoms with E-state index < -0.39 is 70.6 Å². The number of halogens is 2. The van der Waals surface area contributed by atoms with Crippen molar-refractivity contribution in [2.75, 3.05) is 41.0 Å². The molecule has 0 radical (unpaired) electrons. The number of likely N-dealkylation sites (N-methyl/N-ethyl adjacent to an activating group) is 1. The number of ether oxygens (including phenoxy) is 4. The summed E-state index contributed by atoms with van der Waals surface area (Å²) < 4.78 is 38.2. The number of carbonyl (C=O) groups excluding carboxylic acids is 1. The maximum absolute atomic E-state index is 14.5. The molecule has 14 atom stereocenters. The Morgan fingerprint density at radius 3 is 2.35 bits per heavy atom. The van der Waals surface area contributed by atoms with Crippen molar-refractivity contribution < 1.29 is 43.5 Å². The van der Waals surface area contributed by atoms with E-state index in [0.717, 1.165) is 16.9 Å². The summed E-state index contributed by atoms with van der Waals surface area (Å²) in [5.74, 6) is 5.03. The standard InChI is InChI=1S/C44H77FIN5O8S/c1-26(2)60-35-15-13-32(14-16-35)38(56-12)36(23-45)51(48)25-33(47)17-18-49(10)34-20-30(6)57-37(21-34)58-40-28(4)19-29(5)41(53)59-42(46)44(9,55)39(52)31(7)50(11)24-27(3)22-43(40,8)54/h13-16,25-31,34,36-40,42,52,54-55H,17-24,47-48H2,1-12H3/b33-25-/t27-,28+,29-,30-,31-,34+,36-,37+,38-,39-,40-,42+,43-,44+/m1/s1. The molecule has 2 heterocycles. The highest BCUT2D eigenvalue weighted by atomic mass is 127. The summed E-state index contributed by atoms with van der Waals surface area (Å²) in [4.78, 5) is 18.7. The number of aliphatic hydroxyl groups is 3. The van der Waals surface area contributed by atoms with Crippen LogP contribution in [0.15, 0.2) is 41.1 Å². The fraction of sp³-hybridized carbons (Fsp3) is 0.795. The van der Waals surface area contributed by atoms with Crippen LogP contribution in [0, 0.1) is 17.8 Å². The smallest absolute Gasteiger partial charge is 0.309 e. The number of alkyl halides is 2. The number of cyclic esters (lactones) is 1. The molecule has 0 amide bonds. The Kier molecular flexibility index (Phi) is 20.8. The summed E-state index contributed by atoms with van der Waals surface area (Å²) in [6.45, 7) is 17.6. The van der Waals surface area contributed by atoms with E-state index in [1.807, 2.05) is 93.5 Å². The van der Waals surface area contributed by atoms with Crippen molar-refractivity contribution in [1.29, 1.82) is 0 Å². The van der Waals surface area contributed by atoms with Crippen LogP contribution in [0.25, 0.3) is 0 Å². The minimum atomic E-state index is -1.70. The maximum Gasteiger partial charge on any atom is 0.309 e. The monoisotopic (exact) mass is 981 g/mol. The number of nitrogens with zero attached hydrogens (tertiary/aromatic N) is 3. The summed E-state index contributed by atoms with van der Waals surface area (Å²) in [6, 6.07) is 6.74. The van der Waals surface area contributed by atoms with Gasteiger partial charge in [0, 0.05) is 67.2 Å². The van der Waals surface area contributed by atoms with Crippen molar-refractivity contribution in [3.63, 3.8) is 0 Å². The summed E-state index contributed by atoms with van der Waals surface area (Å²) in [6.07, 6.45) is 0.831. The number of hydrazine groups is 1. The number of esters is 1. The lowest BCUT2D eigenvalue weighted by molar-refractivity contribution is -0.262. The van der Waals surface area contributed by atoms with E-state index >= 15 is 0 Å². The molecule has 346 valence electrons. The minimum Gasteiger partial charge on any atom is -0.448 e. The Morgan fingerprint density at radius 2 is 1.77 bits per heavy atom. The van der Waals surface area contributed by atoms with Crippen LogP contribution in [-0.4, -0.2) is 140 Å². The zero-order valence-electron chi connectivity index (χ0n) is 38.1. The van der Waals surface area contributed by atoms with E-state index in [0.29, 0.717) is 49.7 Å². The summed E-state index contributed by atoms with van der Waals surface area (Å²) >= 11 is 3.63. The highest BCUT2D eigenvalue weighted by Gasteiger charge is 2.47. The second-order valence-electron chi connectivity index (χ2n) is 18.4. The van der Waals surface area contributed by atoms with E-state index in [-0.39, 0.29) is 24.0 Å². The van der Waals surface area contributed by atoms with Crippen LogP contribution in [0.5, 0.6) is 0 Å². The molecule has 0 unspecified atom stereocenters. The first kappa shape index (κ1) is 53.0. The van der Waals surface area contributed by atoms with Crippen molar-refractivity contribution >= 4 is 40.3 Å². The number of benzene rings is 1. The molecule has 0 aliphatic carbocycles. The van der Waals surface area contributed by atoms with Crippen LogP contribution < -0.4 is 11.6 Å². The average molecular weight is 982 g/mol. The highest BCUT2D eigenvalue weighted by Crippen LogP contribution is 2.37. The molecule has 1 aromatic rings. The van der Waals surface area contributed by atoms with Gasteiger partial charge in [0.2, 0.25) is 0 Å². The predicted octanol–water partition coefficient (Wildman–Crippen LogP) is 5.98. The van der Waals surface area contributed by atoms with Crippen molar-refractivity contribution in [2.45, 2.75) is 169 Å². The Hall–Kier alpha value is -1.32. The first-order valence-electron chi connectivity index (χ1n) is 21.4. The molecule has 13 nitrogen and oxygen atoms in total. The van der Waals surface area contributed by atoms with Crippen LogP contribution in [0.3, 0.4) is 0 Å². The lowest BCUT2D eigenvalue weighted by atomic mass is 9.79. The summed E-state index contributed by atoms with van der Waals surface area (Å²) in [5, 5.41) is 36.5. The zero-order valence-corrected chi connectivity index (χ0v) is 41.1. The quantitative estimate of drug-likeness (QED) is 0.0368. The van der Waals surface area contributed by atoms with Gasteiger partial charge in [-0.25, -0.2) is 10.2 Å². The number of thioether (sulfide) groups is 1. The van der Waals surface area contributed by atoms with E-state index in [2.05, 4.69) is 18.7 Å². The number of nitrogens with two attached hydrogens (primary N) is 2. The number of carbonyl (C=O) groups is 1. The van der Waals surface area contributed by atoms with Gasteiger partial charge >= 0.3 is 5.97 Å². The van der Waals surface area contributed by atoms with Crippen LogP contribution in [-0.2, 0) is 23.7 Å². The molecule has 0 spiro atoms. The lowest BCUT2D eigenvalue weighted by Crippen LogP contribution is -2.57. The van der Waals surface area contributed by atoms with E-state index in [4.69, 9.17) is 30.5 Å². The van der Waals surface area contributed by atoms with Crippen LogP contribution >= 0.6 is 34.4 Å². The molecule has 1 aromatic carbocycles. The highest BCUT2D eigenvalue weighted by molar-refractivity contribution is 14.1. The number of hydrogen-bond donors (Lipinski definition) is 5. The van der Waals surface area contributed by atoms with E-state index in [9.17, 15) is 24.5 Å². The third-order valence-corrected chi connectivity index (χ3v) is 14.7. The van der Waals surface area contributed by atoms with E-state index in [1.165, 1.54) is 11.9 Å². The van der Waals surface area contributed by atoms with Gasteiger partial charge in [-0.2, -0.15) is 0 Å². The number of hydrogen-bond acceptors (Lipinski definition) is 14. The van der Waals surface area contributed by atoms with Gasteiger partial charge in [0.15, 0.2) is 10.4 Å². The number of methoxy groups -OCH3 is 1. The minimum absolute atomic E-state index is 0.0207. The van der Waals surface area contributed by atoms with E-state index in [1.54, 1.807) is 38.9 Å². The average Bonchev–Trinajstić information content (AvgIpc) is 3.16. The van der Waals surface area contributed by atoms with Gasteiger partial charge in [-0.05, 0) is 113 Å². The molecular formula is C44H77FIN5O8S. The zero-order chi connectivity index (χ0) is 45.3. The van der Waals surface area contributed by atoms with Crippen molar-refractivity contribution in [2.24, 2.45) is 29.3 Å². The molecule has 0 saturated carbocycles. The van der Waals surface area contributed by atoms with Gasteiger partial charge in [-0.1, -0.05) is 46.8 Å². The number of aliphatic hydroxyl groups excluding tert-OH is 1. The van der Waals surface area contributed by atoms with Crippen molar-refractivity contribution in [3.8, 4) is 0 Å². The first-order chi connectivity index (χ1) is 27.9. The van der Waals surface area contributed by atoms with Crippen LogP contribution in [0.4, 0.5) is 4.39 Å². The fourth-order valence-corrected chi connectivity index (χ4v) is 10.2. The molecule has 3 rings (SSSR count). The summed E-state index contributed by atoms with van der Waals surface area (Å²) in [5.41, 5.74) is 4.82. The van der Waals surface area contributed by atoms with Crippen LogP contribution in [0.2, 0.25) is 0 Å². The summed E-state index contributed by atoms with van der Waals surface area (Å²) in [7, 11) is 5.45. The van der Waals surface area contributed by atoms with Gasteiger partial charge in [0.1, 0.15) is 30.5 Å². The first-order valence-corrected chi connectivity index (χ1v) is 23.6. The lowest BCUT2D eigenvalue weighted by Gasteiger charge is -2.44. The second kappa shape index (κ2) is 23.6. The predicted molar refractivity (Wildman–Crippen MR) is 245 cm³/mol. The topological polar surface area (TPSA) is 176 Å². The molecule has 2 saturated heterocycles.